The van der Waals surface area contributed by atoms with Crippen LogP contribution < -0.4 is 0 Å². The third-order valence-electron chi connectivity index (χ3n) is 6.17. The van der Waals surface area contributed by atoms with Crippen molar-refractivity contribution in [2.45, 2.75) is 44.2 Å². The van der Waals surface area contributed by atoms with Gasteiger partial charge in [-0.3, -0.25) is 4.79 Å². The first kappa shape index (κ1) is 20.3. The van der Waals surface area contributed by atoms with Crippen molar-refractivity contribution in [1.29, 1.82) is 5.26 Å². The largest absolute Gasteiger partial charge is 0.417 e. The molecule has 1 aromatic carbocycles. The first-order chi connectivity index (χ1) is 15.3. The maximum Gasteiger partial charge on any atom is 0.417 e. The molecule has 2 aromatic rings. The van der Waals surface area contributed by atoms with Gasteiger partial charge < -0.3 is 4.90 Å². The van der Waals surface area contributed by atoms with E-state index in [0.717, 1.165) is 24.2 Å². The Hall–Kier alpha value is -3.61. The molecule has 162 valence electrons. The summed E-state index contributed by atoms with van der Waals surface area (Å²) >= 11 is 0. The molecule has 0 radical (unpaired) electrons. The minimum absolute atomic E-state index is 0.0676. The third-order valence-corrected chi connectivity index (χ3v) is 6.17. The molecule has 1 amide bonds. The normalized spacial score (nSPS) is 21.3. The molecule has 3 aliphatic rings. The number of carbonyl (C=O) groups is 1. The number of alkyl halides is 3. The summed E-state index contributed by atoms with van der Waals surface area (Å²) < 4.78 is 56.2. The lowest BCUT2D eigenvalue weighted by Gasteiger charge is -2.31. The van der Waals surface area contributed by atoms with E-state index in [2.05, 4.69) is 9.98 Å². The van der Waals surface area contributed by atoms with Crippen molar-refractivity contribution < 1.29 is 26.9 Å². The highest BCUT2D eigenvalue weighted by molar-refractivity contribution is 6.01. The number of hydrogen-bond donors (Lipinski definition) is 0. The molecule has 0 saturated carbocycles. The Kier molecular flexibility index (Phi) is 4.58. The van der Waals surface area contributed by atoms with Crippen LogP contribution in [0.25, 0.3) is 11.1 Å². The number of nitrogens with zero attached hydrogens (tertiary/aromatic N) is 5. The van der Waals surface area contributed by atoms with Crippen LogP contribution in [0.4, 0.5) is 17.6 Å². The number of aromatic nitrogens is 1. The average molecular weight is 442 g/mol. The van der Waals surface area contributed by atoms with Crippen molar-refractivity contribution in [3.05, 3.63) is 53.1 Å². The summed E-state index contributed by atoms with van der Waals surface area (Å²) in [5.74, 6) is -0.992. The highest BCUT2D eigenvalue weighted by Gasteiger charge is 2.47. The van der Waals surface area contributed by atoms with Gasteiger partial charge in [-0.15, -0.1) is 0 Å². The van der Waals surface area contributed by atoms with E-state index in [-0.39, 0.29) is 36.5 Å². The van der Waals surface area contributed by atoms with Gasteiger partial charge in [0.1, 0.15) is 6.04 Å². The Morgan fingerprint density at radius 3 is 2.78 bits per heavy atom. The maximum absolute atomic E-state index is 14.3. The number of benzene rings is 1. The van der Waals surface area contributed by atoms with E-state index in [4.69, 9.17) is 5.26 Å². The van der Waals surface area contributed by atoms with E-state index in [1.165, 1.54) is 12.1 Å². The van der Waals surface area contributed by atoms with Crippen molar-refractivity contribution >= 4 is 18.0 Å². The number of hydrogen-bond acceptors (Lipinski definition) is 4. The van der Waals surface area contributed by atoms with Crippen molar-refractivity contribution in [2.24, 2.45) is 4.99 Å². The monoisotopic (exact) mass is 442 g/mol. The van der Waals surface area contributed by atoms with E-state index in [1.807, 2.05) is 10.6 Å². The number of fused-ring (bicyclic) bond motifs is 2. The molecule has 2 unspecified atom stereocenters. The zero-order valence-corrected chi connectivity index (χ0v) is 16.6. The molecule has 10 heteroatoms. The van der Waals surface area contributed by atoms with Gasteiger partial charge in [0.05, 0.1) is 12.0 Å². The lowest BCUT2D eigenvalue weighted by Crippen LogP contribution is -2.51. The van der Waals surface area contributed by atoms with Crippen molar-refractivity contribution in [3.8, 4) is 17.2 Å². The minimum atomic E-state index is -4.72. The van der Waals surface area contributed by atoms with Crippen molar-refractivity contribution in [1.82, 2.24) is 9.88 Å². The second-order valence-corrected chi connectivity index (χ2v) is 8.04. The average Bonchev–Trinajstić information content (AvgIpc) is 3.31. The Morgan fingerprint density at radius 1 is 1.25 bits per heavy atom. The van der Waals surface area contributed by atoms with Crippen LogP contribution in [-0.2, 0) is 24.1 Å². The minimum Gasteiger partial charge on any atom is -0.334 e. The van der Waals surface area contributed by atoms with Crippen LogP contribution in [0.1, 0.15) is 29.5 Å². The van der Waals surface area contributed by atoms with Gasteiger partial charge in [-0.1, -0.05) is 12.1 Å². The fourth-order valence-corrected chi connectivity index (χ4v) is 4.60. The van der Waals surface area contributed by atoms with E-state index >= 15 is 0 Å². The molecule has 0 spiro atoms. The van der Waals surface area contributed by atoms with Gasteiger partial charge in [0.25, 0.3) is 0 Å². The predicted molar refractivity (Wildman–Crippen MR) is 105 cm³/mol. The van der Waals surface area contributed by atoms with Crippen molar-refractivity contribution in [2.75, 3.05) is 0 Å². The molecule has 0 aliphatic carbocycles. The highest BCUT2D eigenvalue weighted by atomic mass is 19.4. The summed E-state index contributed by atoms with van der Waals surface area (Å²) in [6.07, 6.45) is -1.26. The highest BCUT2D eigenvalue weighted by Crippen LogP contribution is 2.39. The van der Waals surface area contributed by atoms with Crippen LogP contribution in [-0.4, -0.2) is 44.5 Å². The van der Waals surface area contributed by atoms with Crippen LogP contribution in [0.15, 0.2) is 35.5 Å². The van der Waals surface area contributed by atoms with E-state index in [1.54, 1.807) is 17.2 Å². The topological polar surface area (TPSA) is 72.4 Å². The zero-order valence-electron chi connectivity index (χ0n) is 16.6. The van der Waals surface area contributed by atoms with Crippen LogP contribution in [0.2, 0.25) is 0 Å². The van der Waals surface area contributed by atoms with Crippen LogP contribution in [0, 0.1) is 17.3 Å². The number of nitriles is 1. The quantitative estimate of drug-likeness (QED) is 0.416. The lowest BCUT2D eigenvalue weighted by molar-refractivity contribution is -0.641. The van der Waals surface area contributed by atoms with Gasteiger partial charge in [-0.25, -0.2) is 9.56 Å². The smallest absolute Gasteiger partial charge is 0.334 e. The Labute approximate surface area is 180 Å². The molecule has 4 heterocycles. The molecule has 0 N–H and O–H groups in total. The SMILES string of the molecule is N#CC1=[N+]2C(C=N1)CC2CC(=O)N1Cc2ccc(-c3c(C(F)(F)F)ccnc3F)cc2C1. The predicted octanol–water partition coefficient (Wildman–Crippen LogP) is 3.30. The van der Waals surface area contributed by atoms with Crippen LogP contribution >= 0.6 is 0 Å². The summed E-state index contributed by atoms with van der Waals surface area (Å²) in [6.45, 7) is 0.560. The fourth-order valence-electron chi connectivity index (χ4n) is 4.60. The molecular weight excluding hydrogens is 426 g/mol. The number of rotatable bonds is 3. The molecular formula is C22H16F4N5O+. The number of halogens is 4. The maximum atomic E-state index is 14.3. The first-order valence-electron chi connectivity index (χ1n) is 9.97. The van der Waals surface area contributed by atoms with Gasteiger partial charge in [0.2, 0.25) is 11.9 Å². The summed E-state index contributed by atoms with van der Waals surface area (Å²) in [5.41, 5.74) is -0.137. The summed E-state index contributed by atoms with van der Waals surface area (Å²) in [5, 5.41) is 9.14. The van der Waals surface area contributed by atoms with Gasteiger partial charge in [-0.05, 0) is 33.8 Å². The molecule has 32 heavy (non-hydrogen) atoms. The first-order valence-corrected chi connectivity index (χ1v) is 9.97. The molecule has 2 atom stereocenters. The summed E-state index contributed by atoms with van der Waals surface area (Å²) in [7, 11) is 0. The van der Waals surface area contributed by atoms with Crippen LogP contribution in [0.3, 0.4) is 0 Å². The van der Waals surface area contributed by atoms with E-state index in [0.29, 0.717) is 17.9 Å². The van der Waals surface area contributed by atoms with E-state index in [9.17, 15) is 22.4 Å². The second kappa shape index (κ2) is 7.22. The second-order valence-electron chi connectivity index (χ2n) is 8.04. The molecule has 5 rings (SSSR count). The molecule has 1 saturated heterocycles. The zero-order chi connectivity index (χ0) is 22.6. The van der Waals surface area contributed by atoms with Crippen LogP contribution in [0.5, 0.6) is 0 Å². The Balaban J connectivity index is 1.35. The number of carbonyl (C=O) groups excluding carboxylic acids is 1. The molecule has 3 aliphatic heterocycles. The molecule has 1 fully saturated rings. The number of aliphatic imine (C=N–C) groups is 1. The number of amidine groups is 1. The Morgan fingerprint density at radius 2 is 2.03 bits per heavy atom. The van der Waals surface area contributed by atoms with Gasteiger partial charge >= 0.3 is 12.0 Å². The number of pyridine rings is 1. The summed E-state index contributed by atoms with van der Waals surface area (Å²) in [6, 6.07) is 7.30. The molecule has 6 nitrogen and oxygen atoms in total. The lowest BCUT2D eigenvalue weighted by atomic mass is 9.93. The molecule has 1 aromatic heterocycles. The van der Waals surface area contributed by atoms with Gasteiger partial charge in [-0.2, -0.15) is 22.8 Å². The third kappa shape index (κ3) is 3.25. The molecule has 0 bridgehead atoms. The number of amides is 1. The van der Waals surface area contributed by atoms with Gasteiger partial charge in [0, 0.05) is 31.3 Å². The summed E-state index contributed by atoms with van der Waals surface area (Å²) in [4.78, 5) is 21.9. The fraction of sp³-hybridized carbons (Fsp3) is 0.318. The van der Waals surface area contributed by atoms with Gasteiger partial charge in [0.15, 0.2) is 18.3 Å². The van der Waals surface area contributed by atoms with E-state index < -0.39 is 23.3 Å². The standard InChI is InChI=1S/C22H16F4N5O/c23-21-20(17(3-4-28-21)22(24,25)26)12-1-2-13-10-30(11-14(13)5-12)19(32)7-15-6-16-9-29-18(8-27)31(15)16/h1-5,9,15-16H,6-7,10-11H2/q+1. The Bertz CT molecular complexity index is 1240. The van der Waals surface area contributed by atoms with Crippen molar-refractivity contribution in [3.63, 3.8) is 0 Å².